The molecule has 2 aromatic rings. The third-order valence-electron chi connectivity index (χ3n) is 2.37. The van der Waals surface area contributed by atoms with Crippen LogP contribution in [0.2, 0.25) is 0 Å². The first-order valence-electron chi connectivity index (χ1n) is 5.30. The van der Waals surface area contributed by atoms with Gasteiger partial charge in [-0.05, 0) is 45.8 Å². The van der Waals surface area contributed by atoms with Gasteiger partial charge in [-0.25, -0.2) is 0 Å². The van der Waals surface area contributed by atoms with Crippen LogP contribution in [0.15, 0.2) is 53.0 Å². The minimum atomic E-state index is 0.528. The first-order chi connectivity index (χ1) is 8.29. The molecule has 0 heterocycles. The molecule has 0 unspecified atom stereocenters. The third kappa shape index (κ3) is 3.24. The van der Waals surface area contributed by atoms with Gasteiger partial charge in [0.05, 0.1) is 11.6 Å². The summed E-state index contributed by atoms with van der Waals surface area (Å²) in [6.07, 6.45) is 0. The first kappa shape index (κ1) is 12.0. The van der Waals surface area contributed by atoms with E-state index >= 15 is 0 Å². The van der Waals surface area contributed by atoms with Gasteiger partial charge in [-0.3, -0.25) is 0 Å². The quantitative estimate of drug-likeness (QED) is 0.847. The molecule has 0 spiro atoms. The van der Waals surface area contributed by atoms with E-state index in [1.165, 1.54) is 0 Å². The summed E-state index contributed by atoms with van der Waals surface area (Å²) in [7, 11) is 1.66. The molecule has 88 valence electrons. The van der Waals surface area contributed by atoms with Gasteiger partial charge in [0.1, 0.15) is 18.1 Å². The fourth-order valence-electron chi connectivity index (χ4n) is 1.49. The van der Waals surface area contributed by atoms with Crippen LogP contribution in [-0.2, 0) is 6.61 Å². The molecule has 0 saturated carbocycles. The SMILES string of the molecule is COc1cccc(COc2ccccc2Br)c1. The molecular formula is C14H13BrO2. The van der Waals surface area contributed by atoms with Gasteiger partial charge in [-0.2, -0.15) is 0 Å². The lowest BCUT2D eigenvalue weighted by molar-refractivity contribution is 0.303. The van der Waals surface area contributed by atoms with Crippen molar-refractivity contribution in [2.75, 3.05) is 7.11 Å². The Morgan fingerprint density at radius 1 is 1.06 bits per heavy atom. The summed E-state index contributed by atoms with van der Waals surface area (Å²) in [5.74, 6) is 1.69. The summed E-state index contributed by atoms with van der Waals surface area (Å²) in [4.78, 5) is 0. The third-order valence-corrected chi connectivity index (χ3v) is 3.02. The van der Waals surface area contributed by atoms with E-state index in [0.717, 1.165) is 21.5 Å². The lowest BCUT2D eigenvalue weighted by atomic mass is 10.2. The highest BCUT2D eigenvalue weighted by molar-refractivity contribution is 9.10. The number of methoxy groups -OCH3 is 1. The van der Waals surface area contributed by atoms with Crippen LogP contribution in [0.3, 0.4) is 0 Å². The lowest BCUT2D eigenvalue weighted by Gasteiger charge is -2.08. The van der Waals surface area contributed by atoms with Crippen LogP contribution in [0.5, 0.6) is 11.5 Å². The Kier molecular flexibility index (Phi) is 4.04. The predicted octanol–water partition coefficient (Wildman–Crippen LogP) is 4.04. The van der Waals surface area contributed by atoms with Crippen molar-refractivity contribution in [1.29, 1.82) is 0 Å². The largest absolute Gasteiger partial charge is 0.497 e. The maximum atomic E-state index is 5.72. The Morgan fingerprint density at radius 3 is 2.65 bits per heavy atom. The fourth-order valence-corrected chi connectivity index (χ4v) is 1.88. The average molecular weight is 293 g/mol. The van der Waals surface area contributed by atoms with Crippen molar-refractivity contribution in [3.05, 3.63) is 58.6 Å². The summed E-state index contributed by atoms with van der Waals surface area (Å²) in [6, 6.07) is 15.7. The van der Waals surface area contributed by atoms with E-state index in [-0.39, 0.29) is 0 Å². The molecule has 0 bridgehead atoms. The average Bonchev–Trinajstić information content (AvgIpc) is 2.38. The summed E-state index contributed by atoms with van der Waals surface area (Å²) >= 11 is 3.45. The van der Waals surface area contributed by atoms with E-state index in [1.807, 2.05) is 48.5 Å². The highest BCUT2D eigenvalue weighted by atomic mass is 79.9. The van der Waals surface area contributed by atoms with E-state index in [0.29, 0.717) is 6.61 Å². The van der Waals surface area contributed by atoms with Crippen LogP contribution in [0.25, 0.3) is 0 Å². The van der Waals surface area contributed by atoms with Crippen molar-refractivity contribution in [3.63, 3.8) is 0 Å². The van der Waals surface area contributed by atoms with Crippen molar-refractivity contribution < 1.29 is 9.47 Å². The monoisotopic (exact) mass is 292 g/mol. The van der Waals surface area contributed by atoms with E-state index in [9.17, 15) is 0 Å². The Balaban J connectivity index is 2.05. The molecule has 0 aliphatic carbocycles. The first-order valence-corrected chi connectivity index (χ1v) is 6.09. The van der Waals surface area contributed by atoms with E-state index in [1.54, 1.807) is 7.11 Å². The van der Waals surface area contributed by atoms with Gasteiger partial charge in [0.15, 0.2) is 0 Å². The zero-order valence-electron chi connectivity index (χ0n) is 9.52. The molecule has 2 nitrogen and oxygen atoms in total. The molecule has 0 atom stereocenters. The second kappa shape index (κ2) is 5.73. The van der Waals surface area contributed by atoms with E-state index in [4.69, 9.17) is 9.47 Å². The highest BCUT2D eigenvalue weighted by Gasteiger charge is 2.01. The Hall–Kier alpha value is -1.48. The number of para-hydroxylation sites is 1. The van der Waals surface area contributed by atoms with Gasteiger partial charge >= 0.3 is 0 Å². The van der Waals surface area contributed by atoms with Crippen LogP contribution >= 0.6 is 15.9 Å². The Bertz CT molecular complexity index is 497. The maximum Gasteiger partial charge on any atom is 0.133 e. The van der Waals surface area contributed by atoms with Crippen LogP contribution in [0.4, 0.5) is 0 Å². The molecule has 0 amide bonds. The molecule has 0 N–H and O–H groups in total. The molecule has 3 heteroatoms. The zero-order chi connectivity index (χ0) is 12.1. The van der Waals surface area contributed by atoms with Crippen LogP contribution < -0.4 is 9.47 Å². The summed E-state index contributed by atoms with van der Waals surface area (Å²) < 4.78 is 11.8. The molecule has 0 fully saturated rings. The van der Waals surface area contributed by atoms with Crippen LogP contribution in [0.1, 0.15) is 5.56 Å². The molecule has 0 aliphatic heterocycles. The molecule has 0 aliphatic rings. The molecule has 2 aromatic carbocycles. The lowest BCUT2D eigenvalue weighted by Crippen LogP contribution is -1.96. The minimum Gasteiger partial charge on any atom is -0.497 e. The van der Waals surface area contributed by atoms with E-state index < -0.39 is 0 Å². The van der Waals surface area contributed by atoms with Crippen molar-refractivity contribution in [1.82, 2.24) is 0 Å². The van der Waals surface area contributed by atoms with Crippen molar-refractivity contribution >= 4 is 15.9 Å². The molecule has 2 rings (SSSR count). The second-order valence-corrected chi connectivity index (χ2v) is 4.42. The van der Waals surface area contributed by atoms with Crippen molar-refractivity contribution in [2.24, 2.45) is 0 Å². The van der Waals surface area contributed by atoms with E-state index in [2.05, 4.69) is 15.9 Å². The molecule has 17 heavy (non-hydrogen) atoms. The molecule has 0 radical (unpaired) electrons. The molecule has 0 saturated heterocycles. The van der Waals surface area contributed by atoms with Gasteiger partial charge in [0.25, 0.3) is 0 Å². The maximum absolute atomic E-state index is 5.72. The summed E-state index contributed by atoms with van der Waals surface area (Å²) in [6.45, 7) is 0.528. The molecule has 0 aromatic heterocycles. The fraction of sp³-hybridized carbons (Fsp3) is 0.143. The number of benzene rings is 2. The van der Waals surface area contributed by atoms with Gasteiger partial charge in [-0.1, -0.05) is 24.3 Å². The van der Waals surface area contributed by atoms with Gasteiger partial charge in [0, 0.05) is 0 Å². The van der Waals surface area contributed by atoms with Gasteiger partial charge in [-0.15, -0.1) is 0 Å². The van der Waals surface area contributed by atoms with Crippen LogP contribution in [-0.4, -0.2) is 7.11 Å². The number of rotatable bonds is 4. The topological polar surface area (TPSA) is 18.5 Å². The normalized spacial score (nSPS) is 10.0. The number of ether oxygens (including phenoxy) is 2. The highest BCUT2D eigenvalue weighted by Crippen LogP contribution is 2.25. The second-order valence-electron chi connectivity index (χ2n) is 3.57. The van der Waals surface area contributed by atoms with Crippen LogP contribution in [0, 0.1) is 0 Å². The minimum absolute atomic E-state index is 0.528. The van der Waals surface area contributed by atoms with Gasteiger partial charge < -0.3 is 9.47 Å². The Labute approximate surface area is 109 Å². The van der Waals surface area contributed by atoms with Crippen molar-refractivity contribution in [3.8, 4) is 11.5 Å². The molecular weight excluding hydrogens is 280 g/mol. The number of halogens is 1. The number of hydrogen-bond acceptors (Lipinski definition) is 2. The van der Waals surface area contributed by atoms with Crippen molar-refractivity contribution in [2.45, 2.75) is 6.61 Å². The smallest absolute Gasteiger partial charge is 0.133 e. The van der Waals surface area contributed by atoms with Gasteiger partial charge in [0.2, 0.25) is 0 Å². The zero-order valence-corrected chi connectivity index (χ0v) is 11.1. The predicted molar refractivity (Wildman–Crippen MR) is 71.5 cm³/mol. The standard InChI is InChI=1S/C14H13BrO2/c1-16-12-6-4-5-11(9-12)10-17-14-8-3-2-7-13(14)15/h2-9H,10H2,1H3. The Morgan fingerprint density at radius 2 is 1.88 bits per heavy atom. The summed E-state index contributed by atoms with van der Waals surface area (Å²) in [5.41, 5.74) is 1.08. The number of hydrogen-bond donors (Lipinski definition) is 0. The summed E-state index contributed by atoms with van der Waals surface area (Å²) in [5, 5.41) is 0.